The zero-order valence-corrected chi connectivity index (χ0v) is 14.2. The molecule has 0 aliphatic rings. The van der Waals surface area contributed by atoms with Gasteiger partial charge in [0, 0.05) is 11.6 Å². The van der Waals surface area contributed by atoms with Crippen LogP contribution in [0.15, 0.2) is 30.3 Å². The van der Waals surface area contributed by atoms with Crippen molar-refractivity contribution in [2.75, 3.05) is 13.7 Å². The van der Waals surface area contributed by atoms with Crippen LogP contribution in [0.25, 0.3) is 6.08 Å². The van der Waals surface area contributed by atoms with E-state index in [4.69, 9.17) is 9.47 Å². The van der Waals surface area contributed by atoms with Gasteiger partial charge in [-0.15, -0.1) is 0 Å². The highest BCUT2D eigenvalue weighted by molar-refractivity contribution is 5.96. The molecule has 0 aromatic heterocycles. The van der Waals surface area contributed by atoms with Crippen molar-refractivity contribution < 1.29 is 23.9 Å². The molecule has 0 saturated heterocycles. The van der Waals surface area contributed by atoms with Gasteiger partial charge in [-0.25, -0.2) is 9.59 Å². The fourth-order valence-electron chi connectivity index (χ4n) is 1.60. The molecule has 130 valence electrons. The number of urea groups is 1. The monoisotopic (exact) mass is 334 g/mol. The lowest BCUT2D eigenvalue weighted by Crippen LogP contribution is -2.49. The molecule has 0 aliphatic carbocycles. The highest BCUT2D eigenvalue weighted by atomic mass is 16.5. The van der Waals surface area contributed by atoms with E-state index < -0.39 is 30.1 Å². The van der Waals surface area contributed by atoms with Gasteiger partial charge in [0.2, 0.25) is 0 Å². The first-order valence-electron chi connectivity index (χ1n) is 7.30. The van der Waals surface area contributed by atoms with Crippen molar-refractivity contribution >= 4 is 24.0 Å². The maximum absolute atomic E-state index is 11.5. The van der Waals surface area contributed by atoms with Crippen molar-refractivity contribution in [2.45, 2.75) is 26.3 Å². The van der Waals surface area contributed by atoms with Crippen molar-refractivity contribution in [2.24, 2.45) is 0 Å². The van der Waals surface area contributed by atoms with E-state index in [2.05, 4.69) is 10.6 Å². The molecule has 0 bridgehead atoms. The van der Waals surface area contributed by atoms with Crippen LogP contribution in [0.5, 0.6) is 5.75 Å². The molecular weight excluding hydrogens is 312 g/mol. The van der Waals surface area contributed by atoms with Crippen molar-refractivity contribution in [1.82, 2.24) is 10.6 Å². The number of ether oxygens (including phenoxy) is 2. The summed E-state index contributed by atoms with van der Waals surface area (Å²) in [5.41, 5.74) is 0.309. The summed E-state index contributed by atoms with van der Waals surface area (Å²) in [6.45, 7) is 4.80. The van der Waals surface area contributed by atoms with Crippen LogP contribution in [0.1, 0.15) is 26.3 Å². The van der Waals surface area contributed by atoms with Gasteiger partial charge in [0.25, 0.3) is 5.91 Å². The van der Waals surface area contributed by atoms with Gasteiger partial charge < -0.3 is 14.8 Å². The van der Waals surface area contributed by atoms with Crippen molar-refractivity contribution in [3.63, 3.8) is 0 Å². The van der Waals surface area contributed by atoms with Crippen LogP contribution in [-0.4, -0.2) is 37.2 Å². The summed E-state index contributed by atoms with van der Waals surface area (Å²) >= 11 is 0. The highest BCUT2D eigenvalue weighted by Crippen LogP contribution is 2.12. The molecule has 2 N–H and O–H groups in total. The SMILES string of the molecule is COc1ccc(/C=C/C(=O)OCC(=O)NC(=O)NC(C)(C)C)cc1. The fourth-order valence-corrected chi connectivity index (χ4v) is 1.60. The number of carbonyl (C=O) groups is 3. The summed E-state index contributed by atoms with van der Waals surface area (Å²) in [6.07, 6.45) is 2.75. The normalized spacial score (nSPS) is 11.0. The van der Waals surface area contributed by atoms with E-state index in [1.54, 1.807) is 58.2 Å². The van der Waals surface area contributed by atoms with Crippen LogP contribution in [0.4, 0.5) is 4.79 Å². The molecule has 0 unspecified atom stereocenters. The van der Waals surface area contributed by atoms with E-state index in [1.165, 1.54) is 6.08 Å². The number of esters is 1. The standard InChI is InChI=1S/C17H22N2O5/c1-17(2,3)19-16(22)18-14(20)11-24-15(21)10-7-12-5-8-13(23-4)9-6-12/h5-10H,11H2,1-4H3,(H2,18,19,20,22)/b10-7+. The summed E-state index contributed by atoms with van der Waals surface area (Å²) < 4.78 is 9.79. The van der Waals surface area contributed by atoms with E-state index in [9.17, 15) is 14.4 Å². The average Bonchev–Trinajstić information content (AvgIpc) is 2.49. The molecule has 1 rings (SSSR count). The van der Waals surface area contributed by atoms with Gasteiger partial charge in [0.1, 0.15) is 5.75 Å². The number of carbonyl (C=O) groups excluding carboxylic acids is 3. The predicted molar refractivity (Wildman–Crippen MR) is 89.4 cm³/mol. The van der Waals surface area contributed by atoms with Gasteiger partial charge >= 0.3 is 12.0 Å². The molecular formula is C17H22N2O5. The second kappa shape index (κ2) is 8.71. The van der Waals surface area contributed by atoms with Gasteiger partial charge in [-0.3, -0.25) is 10.1 Å². The van der Waals surface area contributed by atoms with E-state index in [-0.39, 0.29) is 0 Å². The quantitative estimate of drug-likeness (QED) is 0.633. The lowest BCUT2D eigenvalue weighted by atomic mass is 10.1. The summed E-state index contributed by atoms with van der Waals surface area (Å²) in [6, 6.07) is 6.41. The predicted octanol–water partition coefficient (Wildman–Crippen LogP) is 1.88. The smallest absolute Gasteiger partial charge is 0.331 e. The van der Waals surface area contributed by atoms with Crippen LogP contribution in [0.2, 0.25) is 0 Å². The number of nitrogens with one attached hydrogen (secondary N) is 2. The molecule has 1 aromatic rings. The molecule has 7 heteroatoms. The number of hydrogen-bond donors (Lipinski definition) is 2. The fraction of sp³-hybridized carbons (Fsp3) is 0.353. The van der Waals surface area contributed by atoms with Crippen LogP contribution in [-0.2, 0) is 14.3 Å². The molecule has 7 nitrogen and oxygen atoms in total. The first kappa shape index (κ1) is 19.2. The molecule has 0 atom stereocenters. The molecule has 3 amide bonds. The second-order valence-electron chi connectivity index (χ2n) is 5.97. The third-order valence-electron chi connectivity index (χ3n) is 2.61. The first-order chi connectivity index (χ1) is 11.2. The second-order valence-corrected chi connectivity index (χ2v) is 5.97. The van der Waals surface area contributed by atoms with Crippen molar-refractivity contribution in [1.29, 1.82) is 0 Å². The molecule has 0 radical (unpaired) electrons. The van der Waals surface area contributed by atoms with Crippen LogP contribution < -0.4 is 15.4 Å². The minimum Gasteiger partial charge on any atom is -0.497 e. The molecule has 24 heavy (non-hydrogen) atoms. The van der Waals surface area contributed by atoms with Gasteiger partial charge in [-0.05, 0) is 44.5 Å². The van der Waals surface area contributed by atoms with E-state index in [0.717, 1.165) is 5.56 Å². The molecule has 0 fully saturated rings. The summed E-state index contributed by atoms with van der Waals surface area (Å²) in [5, 5.41) is 4.63. The minimum atomic E-state index is -0.706. The largest absolute Gasteiger partial charge is 0.497 e. The number of methoxy groups -OCH3 is 1. The zero-order valence-electron chi connectivity index (χ0n) is 14.2. The Morgan fingerprint density at radius 1 is 1.12 bits per heavy atom. The lowest BCUT2D eigenvalue weighted by Gasteiger charge is -2.20. The Kier molecular flexibility index (Phi) is 6.98. The highest BCUT2D eigenvalue weighted by Gasteiger charge is 2.16. The van der Waals surface area contributed by atoms with Crippen molar-refractivity contribution in [3.05, 3.63) is 35.9 Å². The van der Waals surface area contributed by atoms with Crippen LogP contribution >= 0.6 is 0 Å². The summed E-state index contributed by atoms with van der Waals surface area (Å²) in [5.74, 6) is -0.680. The Hall–Kier alpha value is -2.83. The summed E-state index contributed by atoms with van der Waals surface area (Å²) in [4.78, 5) is 34.5. The van der Waals surface area contributed by atoms with Gasteiger partial charge in [-0.2, -0.15) is 0 Å². The van der Waals surface area contributed by atoms with Gasteiger partial charge in [0.05, 0.1) is 7.11 Å². The molecule has 0 saturated carbocycles. The Labute approximate surface area is 141 Å². The number of imide groups is 1. The summed E-state index contributed by atoms with van der Waals surface area (Å²) in [7, 11) is 1.56. The first-order valence-corrected chi connectivity index (χ1v) is 7.30. The minimum absolute atomic E-state index is 0.470. The Morgan fingerprint density at radius 3 is 2.29 bits per heavy atom. The lowest BCUT2D eigenvalue weighted by molar-refractivity contribution is -0.143. The number of amides is 3. The third kappa shape index (κ3) is 7.98. The van der Waals surface area contributed by atoms with Gasteiger partial charge in [-0.1, -0.05) is 12.1 Å². The Morgan fingerprint density at radius 2 is 1.75 bits per heavy atom. The van der Waals surface area contributed by atoms with Crippen LogP contribution in [0.3, 0.4) is 0 Å². The zero-order chi connectivity index (χ0) is 18.2. The maximum Gasteiger partial charge on any atom is 0.331 e. The molecule has 0 spiro atoms. The topological polar surface area (TPSA) is 93.7 Å². The Bertz CT molecular complexity index is 615. The molecule has 0 heterocycles. The number of hydrogen-bond acceptors (Lipinski definition) is 5. The maximum atomic E-state index is 11.5. The molecule has 0 aliphatic heterocycles. The van der Waals surface area contributed by atoms with Crippen molar-refractivity contribution in [3.8, 4) is 5.75 Å². The average molecular weight is 334 g/mol. The number of rotatable bonds is 5. The van der Waals surface area contributed by atoms with Crippen LogP contribution in [0, 0.1) is 0 Å². The van der Waals surface area contributed by atoms with Gasteiger partial charge in [0.15, 0.2) is 6.61 Å². The third-order valence-corrected chi connectivity index (χ3v) is 2.61. The van der Waals surface area contributed by atoms with E-state index in [1.807, 2.05) is 0 Å². The van der Waals surface area contributed by atoms with E-state index >= 15 is 0 Å². The van der Waals surface area contributed by atoms with E-state index in [0.29, 0.717) is 5.75 Å². The number of benzene rings is 1. The Balaban J connectivity index is 2.38. The molecule has 1 aromatic carbocycles.